The van der Waals surface area contributed by atoms with Crippen LogP contribution >= 0.6 is 11.6 Å². The molecule has 1 fully saturated rings. The molecule has 3 heterocycles. The first-order valence-electron chi connectivity index (χ1n) is 12.0. The topological polar surface area (TPSA) is 92.1 Å². The van der Waals surface area contributed by atoms with Crippen molar-refractivity contribution in [1.29, 1.82) is 0 Å². The second kappa shape index (κ2) is 10.2. The van der Waals surface area contributed by atoms with Crippen LogP contribution in [0.15, 0.2) is 60.8 Å². The van der Waals surface area contributed by atoms with Crippen molar-refractivity contribution in [3.63, 3.8) is 0 Å². The molecule has 0 amide bonds. The molecule has 1 atom stereocenters. The van der Waals surface area contributed by atoms with E-state index in [1.54, 1.807) is 22.8 Å². The molecular weight excluding hydrogens is 512 g/mol. The summed E-state index contributed by atoms with van der Waals surface area (Å²) in [5.41, 5.74) is 3.56. The van der Waals surface area contributed by atoms with Crippen molar-refractivity contribution in [2.45, 2.75) is 18.9 Å². The summed E-state index contributed by atoms with van der Waals surface area (Å²) in [6.07, 6.45) is 5.18. The maximum atomic E-state index is 12.2. The predicted molar refractivity (Wildman–Crippen MR) is 148 cm³/mol. The van der Waals surface area contributed by atoms with Crippen LogP contribution in [0.3, 0.4) is 0 Å². The van der Waals surface area contributed by atoms with Crippen molar-refractivity contribution >= 4 is 44.5 Å². The van der Waals surface area contributed by atoms with Crippen molar-refractivity contribution in [3.8, 4) is 17.0 Å². The molecule has 0 saturated carbocycles. The molecule has 5 rings (SSSR count). The van der Waals surface area contributed by atoms with Crippen LogP contribution in [-0.4, -0.2) is 67.5 Å². The van der Waals surface area contributed by atoms with E-state index in [-0.39, 0.29) is 0 Å². The molecule has 2 aromatic carbocycles. The highest BCUT2D eigenvalue weighted by atomic mass is 35.5. The zero-order valence-corrected chi connectivity index (χ0v) is 22.5. The summed E-state index contributed by atoms with van der Waals surface area (Å²) in [5.74, 6) is 0.982. The number of para-hydroxylation sites is 1. The number of rotatable bonds is 8. The molecular formula is C26H29ClN6O3S. The molecule has 1 aliphatic rings. The Balaban J connectivity index is 1.42. The molecule has 9 nitrogen and oxygen atoms in total. The number of ether oxygens (including phenoxy) is 1. The van der Waals surface area contributed by atoms with E-state index in [0.717, 1.165) is 35.4 Å². The van der Waals surface area contributed by atoms with Crippen molar-refractivity contribution in [2.24, 2.45) is 0 Å². The average Bonchev–Trinajstić information content (AvgIpc) is 3.48. The van der Waals surface area contributed by atoms with Crippen LogP contribution in [0.1, 0.15) is 12.8 Å². The molecule has 4 aromatic rings. The Morgan fingerprint density at radius 1 is 1.19 bits per heavy atom. The van der Waals surface area contributed by atoms with Gasteiger partial charge in [0, 0.05) is 30.4 Å². The quantitative estimate of drug-likeness (QED) is 0.347. The van der Waals surface area contributed by atoms with Gasteiger partial charge in [0.2, 0.25) is 16.0 Å². The molecule has 11 heteroatoms. The lowest BCUT2D eigenvalue weighted by atomic mass is 10.1. The number of halogens is 1. The SMILES string of the molecule is CN1CCCC1COc1cc(Nc2ncc3ccc(-c4ccccc4N(C)S(C)(=O)=O)n3n2)ccc1Cl. The van der Waals surface area contributed by atoms with E-state index in [2.05, 4.69) is 27.3 Å². The van der Waals surface area contributed by atoms with Crippen molar-refractivity contribution < 1.29 is 13.2 Å². The standard InChI is InChI=1S/C26H29ClN6O3S/c1-31-14-6-7-20(31)17-36-25-15-18(10-12-22(25)27)29-26-28-16-19-11-13-24(33(19)30-26)21-8-4-5-9-23(21)32(2)37(3,34)35/h4-5,8-13,15-16,20H,6-7,14,17H2,1-3H3,(H,29,30). The van der Waals surface area contributed by atoms with E-state index in [9.17, 15) is 8.42 Å². The first-order valence-corrected chi connectivity index (χ1v) is 14.2. The third kappa shape index (κ3) is 5.36. The Bertz CT molecular complexity index is 1540. The van der Waals surface area contributed by atoms with E-state index in [4.69, 9.17) is 16.3 Å². The normalized spacial score (nSPS) is 16.3. The summed E-state index contributed by atoms with van der Waals surface area (Å²) in [4.78, 5) is 6.75. The number of benzene rings is 2. The number of likely N-dealkylation sites (N-methyl/N-ethyl adjacent to an activating group) is 1. The summed E-state index contributed by atoms with van der Waals surface area (Å²) in [6.45, 7) is 1.66. The van der Waals surface area contributed by atoms with E-state index in [0.29, 0.717) is 35.1 Å². The molecule has 2 aromatic heterocycles. The lowest BCUT2D eigenvalue weighted by Crippen LogP contribution is -2.30. The molecule has 0 spiro atoms. The molecule has 1 N–H and O–H groups in total. The van der Waals surface area contributed by atoms with Crippen LogP contribution in [0.25, 0.3) is 16.8 Å². The van der Waals surface area contributed by atoms with Gasteiger partial charge in [0.25, 0.3) is 0 Å². The van der Waals surface area contributed by atoms with Gasteiger partial charge >= 0.3 is 0 Å². The zero-order chi connectivity index (χ0) is 26.2. The highest BCUT2D eigenvalue weighted by Gasteiger charge is 2.22. The molecule has 1 saturated heterocycles. The fraction of sp³-hybridized carbons (Fsp3) is 0.308. The summed E-state index contributed by atoms with van der Waals surface area (Å²) >= 11 is 6.40. The monoisotopic (exact) mass is 540 g/mol. The van der Waals surface area contributed by atoms with Crippen LogP contribution in [0, 0.1) is 0 Å². The molecule has 0 aliphatic carbocycles. The van der Waals surface area contributed by atoms with Crippen LogP contribution in [0.2, 0.25) is 5.02 Å². The first kappa shape index (κ1) is 25.3. The minimum Gasteiger partial charge on any atom is -0.490 e. The number of nitrogens with one attached hydrogen (secondary N) is 1. The van der Waals surface area contributed by atoms with E-state index in [1.807, 2.05) is 42.5 Å². The number of nitrogens with zero attached hydrogens (tertiary/aromatic N) is 5. The van der Waals surface area contributed by atoms with Gasteiger partial charge in [-0.15, -0.1) is 5.10 Å². The van der Waals surface area contributed by atoms with Gasteiger partial charge in [0.05, 0.1) is 34.4 Å². The Morgan fingerprint density at radius 3 is 2.76 bits per heavy atom. The summed E-state index contributed by atoms with van der Waals surface area (Å²) in [5, 5.41) is 8.46. The zero-order valence-electron chi connectivity index (χ0n) is 20.9. The largest absolute Gasteiger partial charge is 0.490 e. The Labute approximate surface area is 221 Å². The number of hydrogen-bond acceptors (Lipinski definition) is 7. The summed E-state index contributed by atoms with van der Waals surface area (Å²) in [7, 11) is 0.212. The van der Waals surface area contributed by atoms with Gasteiger partial charge in [0.1, 0.15) is 12.4 Å². The average molecular weight is 541 g/mol. The fourth-order valence-corrected chi connectivity index (χ4v) is 5.19. The van der Waals surface area contributed by atoms with Crippen LogP contribution in [0.5, 0.6) is 5.75 Å². The highest BCUT2D eigenvalue weighted by Crippen LogP contribution is 2.33. The Hall–Kier alpha value is -3.34. The van der Waals surface area contributed by atoms with Gasteiger partial charge in [-0.2, -0.15) is 0 Å². The van der Waals surface area contributed by atoms with Gasteiger partial charge in [0.15, 0.2) is 0 Å². The number of fused-ring (bicyclic) bond motifs is 1. The van der Waals surface area contributed by atoms with E-state index < -0.39 is 10.0 Å². The second-order valence-electron chi connectivity index (χ2n) is 9.24. The van der Waals surface area contributed by atoms with Gasteiger partial charge < -0.3 is 15.0 Å². The van der Waals surface area contributed by atoms with Gasteiger partial charge in [-0.3, -0.25) is 4.31 Å². The first-order chi connectivity index (χ1) is 17.7. The number of likely N-dealkylation sites (tertiary alicyclic amines) is 1. The Kier molecular flexibility index (Phi) is 6.98. The third-order valence-corrected chi connectivity index (χ3v) is 8.21. The molecule has 0 radical (unpaired) electrons. The van der Waals surface area contributed by atoms with Crippen LogP contribution in [0.4, 0.5) is 17.3 Å². The molecule has 194 valence electrons. The smallest absolute Gasteiger partial charge is 0.245 e. The second-order valence-corrected chi connectivity index (χ2v) is 11.7. The molecule has 1 unspecified atom stereocenters. The van der Waals surface area contributed by atoms with Crippen molar-refractivity contribution in [3.05, 3.63) is 65.8 Å². The maximum Gasteiger partial charge on any atom is 0.245 e. The van der Waals surface area contributed by atoms with E-state index in [1.165, 1.54) is 24.0 Å². The molecule has 0 bridgehead atoms. The maximum absolute atomic E-state index is 12.2. The van der Waals surface area contributed by atoms with Gasteiger partial charge in [-0.25, -0.2) is 17.9 Å². The van der Waals surface area contributed by atoms with Crippen molar-refractivity contribution in [1.82, 2.24) is 19.5 Å². The number of sulfonamides is 1. The summed E-state index contributed by atoms with van der Waals surface area (Å²) in [6, 6.07) is 17.0. The van der Waals surface area contributed by atoms with Crippen LogP contribution < -0.4 is 14.4 Å². The minimum atomic E-state index is -3.44. The third-order valence-electron chi connectivity index (χ3n) is 6.71. The lowest BCUT2D eigenvalue weighted by Gasteiger charge is -2.20. The fourth-order valence-electron chi connectivity index (χ4n) is 4.50. The minimum absolute atomic E-state index is 0.377. The summed E-state index contributed by atoms with van der Waals surface area (Å²) < 4.78 is 33.5. The number of anilines is 3. The number of aromatic nitrogens is 3. The lowest BCUT2D eigenvalue weighted by molar-refractivity contribution is 0.198. The molecule has 1 aliphatic heterocycles. The molecule has 37 heavy (non-hydrogen) atoms. The van der Waals surface area contributed by atoms with Crippen molar-refractivity contribution in [2.75, 3.05) is 43.1 Å². The van der Waals surface area contributed by atoms with Gasteiger partial charge in [-0.05, 0) is 56.8 Å². The van der Waals surface area contributed by atoms with E-state index >= 15 is 0 Å². The van der Waals surface area contributed by atoms with Crippen LogP contribution in [-0.2, 0) is 10.0 Å². The Morgan fingerprint density at radius 2 is 2.00 bits per heavy atom. The predicted octanol–water partition coefficient (Wildman–Crippen LogP) is 4.66. The van der Waals surface area contributed by atoms with Gasteiger partial charge in [-0.1, -0.05) is 29.8 Å². The number of hydrogen-bond donors (Lipinski definition) is 1. The highest BCUT2D eigenvalue weighted by molar-refractivity contribution is 7.92.